The number of hydrogen-bond donors (Lipinski definition) is 1. The molecule has 0 spiro atoms. The Kier molecular flexibility index (Phi) is 9.96. The molecule has 0 fully saturated rings. The van der Waals surface area contributed by atoms with Crippen LogP contribution in [0.3, 0.4) is 0 Å². The van der Waals surface area contributed by atoms with Gasteiger partial charge in [0.15, 0.2) is 0 Å². The van der Waals surface area contributed by atoms with Gasteiger partial charge in [-0.1, -0.05) is 26.1 Å². The smallest absolute Gasteiger partial charge is 0.416 e. The summed E-state index contributed by atoms with van der Waals surface area (Å²) in [6.45, 7) is 4.31. The lowest BCUT2D eigenvalue weighted by atomic mass is 10.0. The van der Waals surface area contributed by atoms with E-state index in [0.29, 0.717) is 13.0 Å². The molecule has 0 radical (unpaired) electrons. The van der Waals surface area contributed by atoms with E-state index >= 15 is 0 Å². The van der Waals surface area contributed by atoms with Crippen LogP contribution < -0.4 is 5.32 Å². The predicted molar refractivity (Wildman–Crippen MR) is 111 cm³/mol. The molecule has 1 aromatic heterocycles. The van der Waals surface area contributed by atoms with Gasteiger partial charge in [-0.05, 0) is 44.5 Å². The van der Waals surface area contributed by atoms with Crippen molar-refractivity contribution in [2.45, 2.75) is 45.3 Å². The number of hydrogen-bond acceptors (Lipinski definition) is 5. The molecular weight excluding hydrogens is 419 g/mol. The topological polar surface area (TPSA) is 63.6 Å². The molecule has 0 aliphatic carbocycles. The van der Waals surface area contributed by atoms with E-state index in [1.54, 1.807) is 19.0 Å². The van der Waals surface area contributed by atoms with Crippen LogP contribution in [0.15, 0.2) is 12.3 Å². The molecule has 0 aromatic carbocycles. The highest BCUT2D eigenvalue weighted by Gasteiger charge is 2.34. The van der Waals surface area contributed by atoms with Crippen LogP contribution in [-0.2, 0) is 26.9 Å². The second-order valence-electron chi connectivity index (χ2n) is 7.77. The van der Waals surface area contributed by atoms with Gasteiger partial charge in [0.05, 0.1) is 19.1 Å². The number of amides is 1. The quantitative estimate of drug-likeness (QED) is 0.437. The van der Waals surface area contributed by atoms with Crippen molar-refractivity contribution < 1.29 is 27.5 Å². The van der Waals surface area contributed by atoms with Crippen molar-refractivity contribution in [2.75, 3.05) is 34.3 Å². The average molecular weight is 450 g/mol. The molecule has 1 amide bonds. The van der Waals surface area contributed by atoms with E-state index in [2.05, 4.69) is 10.1 Å². The number of alkyl halides is 3. The first-order valence-electron chi connectivity index (χ1n) is 9.68. The zero-order valence-corrected chi connectivity index (χ0v) is 18.8. The van der Waals surface area contributed by atoms with Gasteiger partial charge in [0.2, 0.25) is 5.91 Å². The maximum Gasteiger partial charge on any atom is 0.416 e. The van der Waals surface area contributed by atoms with Crippen LogP contribution in [0, 0.1) is 10.6 Å². The molecule has 0 saturated carbocycles. The van der Waals surface area contributed by atoms with E-state index in [-0.39, 0.29) is 35.5 Å². The minimum Gasteiger partial charge on any atom is -0.469 e. The van der Waals surface area contributed by atoms with Crippen LogP contribution >= 0.6 is 12.2 Å². The SMILES string of the molecule is COC(=O)CCNC(=O)C(CC(C)C)n1cc(CCN(C)C)c(C(F)(F)F)cc1=S. The van der Waals surface area contributed by atoms with Crippen molar-refractivity contribution in [3.8, 4) is 0 Å². The lowest BCUT2D eigenvalue weighted by molar-refractivity contribution is -0.140. The third kappa shape index (κ3) is 8.06. The lowest BCUT2D eigenvalue weighted by Gasteiger charge is -2.25. The molecule has 1 rings (SSSR count). The fourth-order valence-corrected chi connectivity index (χ4v) is 3.24. The number of carbonyl (C=O) groups is 2. The zero-order chi connectivity index (χ0) is 23.1. The monoisotopic (exact) mass is 449 g/mol. The molecule has 1 N–H and O–H groups in total. The van der Waals surface area contributed by atoms with Crippen molar-refractivity contribution in [1.29, 1.82) is 0 Å². The third-order valence-electron chi connectivity index (χ3n) is 4.49. The number of likely N-dealkylation sites (N-methyl/N-ethyl adjacent to an activating group) is 1. The molecule has 1 aromatic rings. The van der Waals surface area contributed by atoms with Gasteiger partial charge in [0, 0.05) is 19.3 Å². The molecule has 1 heterocycles. The van der Waals surface area contributed by atoms with Crippen LogP contribution in [0.5, 0.6) is 0 Å². The number of rotatable bonds is 10. The summed E-state index contributed by atoms with van der Waals surface area (Å²) in [4.78, 5) is 25.9. The Labute approximate surface area is 180 Å². The standard InChI is InChI=1S/C20H30F3N3O3S/c1-13(2)10-16(19(28)24-8-6-18(27)29-5)26-12-14(7-9-25(3)4)15(11-17(26)30)20(21,22)23/h11-13,16H,6-10H2,1-5H3,(H,24,28). The molecule has 0 bridgehead atoms. The van der Waals surface area contributed by atoms with Crippen molar-refractivity contribution in [2.24, 2.45) is 5.92 Å². The van der Waals surface area contributed by atoms with Gasteiger partial charge in [-0.25, -0.2) is 0 Å². The first-order chi connectivity index (χ1) is 13.9. The summed E-state index contributed by atoms with van der Waals surface area (Å²) in [5.74, 6) is -0.773. The summed E-state index contributed by atoms with van der Waals surface area (Å²) in [5.41, 5.74) is -0.694. The van der Waals surface area contributed by atoms with Gasteiger partial charge < -0.3 is 19.5 Å². The van der Waals surface area contributed by atoms with Gasteiger partial charge in [-0.2, -0.15) is 13.2 Å². The molecule has 170 valence electrons. The van der Waals surface area contributed by atoms with E-state index in [4.69, 9.17) is 12.2 Å². The molecular formula is C20H30F3N3O3S. The van der Waals surface area contributed by atoms with Crippen molar-refractivity contribution in [1.82, 2.24) is 14.8 Å². The van der Waals surface area contributed by atoms with Crippen LogP contribution in [0.1, 0.15) is 43.9 Å². The minimum atomic E-state index is -4.54. The van der Waals surface area contributed by atoms with Crippen LogP contribution in [0.2, 0.25) is 0 Å². The highest BCUT2D eigenvalue weighted by atomic mass is 32.1. The van der Waals surface area contributed by atoms with Gasteiger partial charge in [0.25, 0.3) is 0 Å². The van der Waals surface area contributed by atoms with E-state index < -0.39 is 29.7 Å². The Hall–Kier alpha value is -1.94. The predicted octanol–water partition coefficient (Wildman–Crippen LogP) is 3.61. The van der Waals surface area contributed by atoms with Gasteiger partial charge in [-0.15, -0.1) is 0 Å². The number of halogens is 3. The number of ether oxygens (including phenoxy) is 1. The Bertz CT molecular complexity index is 792. The maximum atomic E-state index is 13.5. The Morgan fingerprint density at radius 1 is 1.30 bits per heavy atom. The fraction of sp³-hybridized carbons (Fsp3) is 0.650. The first-order valence-corrected chi connectivity index (χ1v) is 10.1. The number of carbonyl (C=O) groups excluding carboxylic acids is 2. The van der Waals surface area contributed by atoms with Crippen molar-refractivity contribution in [3.05, 3.63) is 28.0 Å². The molecule has 0 saturated heterocycles. The van der Waals surface area contributed by atoms with E-state index in [0.717, 1.165) is 6.07 Å². The number of aromatic nitrogens is 1. The normalized spacial score (nSPS) is 12.9. The number of pyridine rings is 1. The number of esters is 1. The fourth-order valence-electron chi connectivity index (χ4n) is 2.94. The summed E-state index contributed by atoms with van der Waals surface area (Å²) in [5, 5.41) is 2.66. The molecule has 1 atom stereocenters. The summed E-state index contributed by atoms with van der Waals surface area (Å²) in [7, 11) is 4.81. The average Bonchev–Trinajstić information content (AvgIpc) is 2.63. The lowest BCUT2D eigenvalue weighted by Crippen LogP contribution is -2.35. The third-order valence-corrected chi connectivity index (χ3v) is 4.81. The molecule has 6 nitrogen and oxygen atoms in total. The Balaban J connectivity index is 3.31. The zero-order valence-electron chi connectivity index (χ0n) is 18.0. The number of nitrogens with zero attached hydrogens (tertiary/aromatic N) is 2. The highest BCUT2D eigenvalue weighted by Crippen LogP contribution is 2.33. The molecule has 0 aliphatic rings. The number of methoxy groups -OCH3 is 1. The molecule has 30 heavy (non-hydrogen) atoms. The maximum absolute atomic E-state index is 13.5. The van der Waals surface area contributed by atoms with E-state index in [1.165, 1.54) is 17.9 Å². The number of nitrogens with one attached hydrogen (secondary N) is 1. The van der Waals surface area contributed by atoms with Crippen molar-refractivity contribution in [3.63, 3.8) is 0 Å². The highest BCUT2D eigenvalue weighted by molar-refractivity contribution is 7.71. The molecule has 10 heteroatoms. The molecule has 0 aliphatic heterocycles. The first kappa shape index (κ1) is 26.1. The summed E-state index contributed by atoms with van der Waals surface area (Å²) >= 11 is 5.22. The van der Waals surface area contributed by atoms with E-state index in [9.17, 15) is 22.8 Å². The largest absolute Gasteiger partial charge is 0.469 e. The summed E-state index contributed by atoms with van der Waals surface area (Å²) in [6, 6.07) is 0.144. The van der Waals surface area contributed by atoms with E-state index in [1.807, 2.05) is 13.8 Å². The Morgan fingerprint density at radius 2 is 1.93 bits per heavy atom. The van der Waals surface area contributed by atoms with Crippen molar-refractivity contribution >= 4 is 24.1 Å². The second kappa shape index (κ2) is 11.5. The minimum absolute atomic E-state index is 0.00311. The second-order valence-corrected chi connectivity index (χ2v) is 8.19. The van der Waals surface area contributed by atoms with Crippen LogP contribution in [0.25, 0.3) is 0 Å². The summed E-state index contributed by atoms with van der Waals surface area (Å²) < 4.78 is 46.5. The Morgan fingerprint density at radius 3 is 2.43 bits per heavy atom. The van der Waals surface area contributed by atoms with Gasteiger partial charge in [0.1, 0.15) is 10.7 Å². The summed E-state index contributed by atoms with van der Waals surface area (Å²) in [6.07, 6.45) is -2.64. The van der Waals surface area contributed by atoms with Crippen LogP contribution in [0.4, 0.5) is 13.2 Å². The molecule has 1 unspecified atom stereocenters. The van der Waals surface area contributed by atoms with Gasteiger partial charge >= 0.3 is 12.1 Å². The van der Waals surface area contributed by atoms with Gasteiger partial charge in [-0.3, -0.25) is 9.59 Å². The van der Waals surface area contributed by atoms with Crippen LogP contribution in [-0.4, -0.2) is 55.6 Å².